The van der Waals surface area contributed by atoms with Crippen LogP contribution in [0.15, 0.2) is 10.9 Å². The number of ether oxygens (including phenoxy) is 1. The zero-order valence-electron chi connectivity index (χ0n) is 8.49. The average Bonchev–Trinajstić information content (AvgIpc) is 2.18. The zero-order chi connectivity index (χ0) is 11.4. The van der Waals surface area contributed by atoms with Crippen LogP contribution in [-0.2, 0) is 11.3 Å². The van der Waals surface area contributed by atoms with Crippen molar-refractivity contribution in [2.45, 2.75) is 13.5 Å². The van der Waals surface area contributed by atoms with Gasteiger partial charge < -0.3 is 4.74 Å². The lowest BCUT2D eigenvalue weighted by atomic mass is 10.3. The maximum Gasteiger partial charge on any atom is 0.279 e. The third-order valence-corrected chi connectivity index (χ3v) is 2.02. The predicted octanol–water partition coefficient (Wildman–Crippen LogP) is 0.577. The topological polar surface area (TPSA) is 61.2 Å². The highest BCUT2D eigenvalue weighted by Gasteiger charge is 2.11. The van der Waals surface area contributed by atoms with Gasteiger partial charge in [0.15, 0.2) is 0 Å². The highest BCUT2D eigenvalue weighted by molar-refractivity contribution is 6.67. The molecule has 0 aromatic carbocycles. The number of aromatic nitrogens is 2. The van der Waals surface area contributed by atoms with Crippen molar-refractivity contribution in [3.05, 3.63) is 27.7 Å². The summed E-state index contributed by atoms with van der Waals surface area (Å²) in [5.74, 6) is 0. The molecule has 0 aliphatic heterocycles. The Hall–Kier alpha value is -1.20. The van der Waals surface area contributed by atoms with E-state index in [2.05, 4.69) is 5.10 Å². The molecular formula is C9H11ClN2O3. The summed E-state index contributed by atoms with van der Waals surface area (Å²) < 4.78 is 6.00. The van der Waals surface area contributed by atoms with E-state index >= 15 is 0 Å². The molecule has 0 radical (unpaired) electrons. The molecule has 0 aliphatic rings. The lowest BCUT2D eigenvalue weighted by molar-refractivity contribution is 0.107. The first kappa shape index (κ1) is 11.9. The molecule has 1 aromatic heterocycles. The number of halogens is 1. The number of carbonyl (C=O) groups excluding carboxylic acids is 1. The van der Waals surface area contributed by atoms with Crippen molar-refractivity contribution in [3.63, 3.8) is 0 Å². The molecular weight excluding hydrogens is 220 g/mol. The Morgan fingerprint density at radius 3 is 2.87 bits per heavy atom. The Morgan fingerprint density at radius 1 is 1.67 bits per heavy atom. The molecule has 0 spiro atoms. The van der Waals surface area contributed by atoms with Gasteiger partial charge in [-0.05, 0) is 24.6 Å². The van der Waals surface area contributed by atoms with Gasteiger partial charge in [-0.1, -0.05) is 0 Å². The molecule has 0 saturated carbocycles. The normalized spacial score (nSPS) is 10.3. The molecule has 0 amide bonds. The fraction of sp³-hybridized carbons (Fsp3) is 0.444. The van der Waals surface area contributed by atoms with Gasteiger partial charge in [-0.15, -0.1) is 0 Å². The molecule has 0 aliphatic carbocycles. The fourth-order valence-corrected chi connectivity index (χ4v) is 1.28. The number of aryl methyl sites for hydroxylation is 1. The molecule has 1 aromatic rings. The molecule has 82 valence electrons. The third-order valence-electron chi connectivity index (χ3n) is 1.82. The van der Waals surface area contributed by atoms with E-state index in [1.807, 2.05) is 0 Å². The largest absolute Gasteiger partial charge is 0.383 e. The van der Waals surface area contributed by atoms with Crippen LogP contribution in [0.4, 0.5) is 0 Å². The molecule has 0 fully saturated rings. The van der Waals surface area contributed by atoms with Crippen LogP contribution in [0, 0.1) is 6.92 Å². The van der Waals surface area contributed by atoms with Gasteiger partial charge in [0.1, 0.15) is 5.56 Å². The minimum Gasteiger partial charge on any atom is -0.383 e. The van der Waals surface area contributed by atoms with Gasteiger partial charge in [-0.3, -0.25) is 9.59 Å². The minimum absolute atomic E-state index is 0.0553. The highest BCUT2D eigenvalue weighted by Crippen LogP contribution is 1.99. The Morgan fingerprint density at radius 2 is 2.33 bits per heavy atom. The highest BCUT2D eigenvalue weighted by atomic mass is 35.5. The van der Waals surface area contributed by atoms with Crippen LogP contribution in [0.5, 0.6) is 0 Å². The second-order valence-corrected chi connectivity index (χ2v) is 3.34. The van der Waals surface area contributed by atoms with Crippen LogP contribution < -0.4 is 5.56 Å². The Kier molecular flexibility index (Phi) is 3.99. The summed E-state index contributed by atoms with van der Waals surface area (Å²) in [4.78, 5) is 22.5. The van der Waals surface area contributed by atoms with Gasteiger partial charge >= 0.3 is 0 Å². The number of hydrogen-bond donors (Lipinski definition) is 0. The second-order valence-electron chi connectivity index (χ2n) is 2.99. The van der Waals surface area contributed by atoms with Crippen molar-refractivity contribution >= 4 is 16.8 Å². The van der Waals surface area contributed by atoms with E-state index in [9.17, 15) is 9.59 Å². The number of methoxy groups -OCH3 is 1. The monoisotopic (exact) mass is 230 g/mol. The van der Waals surface area contributed by atoms with E-state index in [1.165, 1.54) is 17.9 Å². The molecule has 1 heterocycles. The summed E-state index contributed by atoms with van der Waals surface area (Å²) in [5.41, 5.74) is 0.0209. The second kappa shape index (κ2) is 5.04. The minimum atomic E-state index is -0.767. The quantitative estimate of drug-likeness (QED) is 0.710. The summed E-state index contributed by atoms with van der Waals surface area (Å²) in [7, 11) is 1.52. The van der Waals surface area contributed by atoms with Gasteiger partial charge in [-0.2, -0.15) is 5.10 Å². The van der Waals surface area contributed by atoms with E-state index in [-0.39, 0.29) is 5.56 Å². The first-order valence-corrected chi connectivity index (χ1v) is 4.71. The lowest BCUT2D eigenvalue weighted by Crippen LogP contribution is -2.29. The summed E-state index contributed by atoms with van der Waals surface area (Å²) in [5, 5.41) is 3.20. The lowest BCUT2D eigenvalue weighted by Gasteiger charge is -2.05. The van der Waals surface area contributed by atoms with Gasteiger partial charge in [0.2, 0.25) is 0 Å². The number of rotatable bonds is 4. The maximum absolute atomic E-state index is 11.6. The first-order chi connectivity index (χ1) is 7.06. The summed E-state index contributed by atoms with van der Waals surface area (Å²) in [6.07, 6.45) is 0. The standard InChI is InChI=1S/C9H11ClN2O3/c1-6-5-7(8(10)13)9(14)12(11-6)3-4-15-2/h5H,3-4H2,1-2H3. The summed E-state index contributed by atoms with van der Waals surface area (Å²) in [6.45, 7) is 2.34. The predicted molar refractivity (Wildman–Crippen MR) is 55.3 cm³/mol. The molecule has 0 unspecified atom stereocenters. The Balaban J connectivity index is 3.17. The van der Waals surface area contributed by atoms with Crippen LogP contribution in [0.3, 0.4) is 0 Å². The molecule has 5 nitrogen and oxygen atoms in total. The van der Waals surface area contributed by atoms with E-state index in [4.69, 9.17) is 16.3 Å². The van der Waals surface area contributed by atoms with Crippen molar-refractivity contribution in [2.75, 3.05) is 13.7 Å². The first-order valence-electron chi connectivity index (χ1n) is 4.33. The van der Waals surface area contributed by atoms with Crippen LogP contribution in [0.1, 0.15) is 16.1 Å². The molecule has 6 heteroatoms. The van der Waals surface area contributed by atoms with Crippen LogP contribution in [0.25, 0.3) is 0 Å². The van der Waals surface area contributed by atoms with Crippen molar-refractivity contribution in [1.29, 1.82) is 0 Å². The van der Waals surface area contributed by atoms with Crippen LogP contribution in [-0.4, -0.2) is 28.7 Å². The zero-order valence-corrected chi connectivity index (χ0v) is 9.24. The number of carbonyl (C=O) groups is 1. The van der Waals surface area contributed by atoms with Gasteiger partial charge in [0.25, 0.3) is 10.8 Å². The van der Waals surface area contributed by atoms with Crippen molar-refractivity contribution in [2.24, 2.45) is 0 Å². The van der Waals surface area contributed by atoms with Crippen molar-refractivity contribution < 1.29 is 9.53 Å². The Bertz CT molecular complexity index is 428. The van der Waals surface area contributed by atoms with Crippen molar-refractivity contribution in [3.8, 4) is 0 Å². The van der Waals surface area contributed by atoms with E-state index in [0.717, 1.165) is 0 Å². The molecule has 0 N–H and O–H groups in total. The third kappa shape index (κ3) is 2.87. The number of hydrogen-bond acceptors (Lipinski definition) is 4. The molecule has 15 heavy (non-hydrogen) atoms. The van der Waals surface area contributed by atoms with Crippen LogP contribution in [0.2, 0.25) is 0 Å². The van der Waals surface area contributed by atoms with E-state index < -0.39 is 10.8 Å². The Labute approximate surface area is 91.6 Å². The van der Waals surface area contributed by atoms with Gasteiger partial charge in [0.05, 0.1) is 18.8 Å². The average molecular weight is 231 g/mol. The summed E-state index contributed by atoms with van der Waals surface area (Å²) in [6, 6.07) is 1.38. The van der Waals surface area contributed by atoms with Gasteiger partial charge in [0, 0.05) is 7.11 Å². The number of nitrogens with zero attached hydrogens (tertiary/aromatic N) is 2. The molecule has 1 rings (SSSR count). The molecule has 0 bridgehead atoms. The van der Waals surface area contributed by atoms with Crippen molar-refractivity contribution in [1.82, 2.24) is 9.78 Å². The SMILES string of the molecule is COCCn1nc(C)cc(C(=O)Cl)c1=O. The molecule has 0 saturated heterocycles. The summed E-state index contributed by atoms with van der Waals surface area (Å²) >= 11 is 5.28. The van der Waals surface area contributed by atoms with Crippen LogP contribution >= 0.6 is 11.6 Å². The maximum atomic E-state index is 11.6. The van der Waals surface area contributed by atoms with E-state index in [0.29, 0.717) is 18.8 Å². The molecule has 0 atom stereocenters. The van der Waals surface area contributed by atoms with Gasteiger partial charge in [-0.25, -0.2) is 4.68 Å². The smallest absolute Gasteiger partial charge is 0.279 e. The van der Waals surface area contributed by atoms with E-state index in [1.54, 1.807) is 6.92 Å². The fourth-order valence-electron chi connectivity index (χ4n) is 1.14.